The third kappa shape index (κ3) is 4.17. The van der Waals surface area contributed by atoms with Crippen molar-refractivity contribution in [3.05, 3.63) is 52.7 Å². The fourth-order valence-corrected chi connectivity index (χ4v) is 2.05. The highest BCUT2D eigenvalue weighted by atomic mass is 35.5. The van der Waals surface area contributed by atoms with Gasteiger partial charge in [0.1, 0.15) is 12.3 Å². The summed E-state index contributed by atoms with van der Waals surface area (Å²) in [6, 6.07) is 2.82. The fraction of sp³-hybridized carbons (Fsp3) is 0.200. The van der Waals surface area contributed by atoms with Gasteiger partial charge in [-0.15, -0.1) is 0 Å². The van der Waals surface area contributed by atoms with Crippen molar-refractivity contribution < 1.29 is 18.7 Å². The predicted molar refractivity (Wildman–Crippen MR) is 86.5 cm³/mol. The molecule has 1 atom stereocenters. The summed E-state index contributed by atoms with van der Waals surface area (Å²) in [5, 5.41) is 7.56. The number of carbonyl (C=O) groups is 2. The quantitative estimate of drug-likeness (QED) is 0.640. The maximum absolute atomic E-state index is 13.6. The summed E-state index contributed by atoms with van der Waals surface area (Å²) in [5.41, 5.74) is 5.76. The lowest BCUT2D eigenvalue weighted by Gasteiger charge is -2.22. The summed E-state index contributed by atoms with van der Waals surface area (Å²) in [5.74, 6) is -1.19. The Kier molecular flexibility index (Phi) is 5.30. The molecular weight excluding hydrogens is 339 g/mol. The van der Waals surface area contributed by atoms with Gasteiger partial charge in [-0.2, -0.15) is 0 Å². The molecule has 0 radical (unpaired) electrons. The number of halogens is 2. The summed E-state index contributed by atoms with van der Waals surface area (Å²) in [4.78, 5) is 23.5. The Morgan fingerprint density at radius 3 is 2.92 bits per heavy atom. The van der Waals surface area contributed by atoms with E-state index in [2.05, 4.69) is 22.5 Å². The summed E-state index contributed by atoms with van der Waals surface area (Å²) >= 11 is 5.77. The van der Waals surface area contributed by atoms with Crippen LogP contribution < -0.4 is 26.4 Å². The number of hydrogen-bond donors (Lipinski definition) is 4. The molecule has 1 aliphatic rings. The number of urea groups is 1. The Hall–Kier alpha value is -2.74. The fourth-order valence-electron chi connectivity index (χ4n) is 1.89. The minimum Gasteiger partial charge on any atom is -0.488 e. The normalized spacial score (nSPS) is 15.5. The van der Waals surface area contributed by atoms with E-state index in [0.29, 0.717) is 5.02 Å². The summed E-state index contributed by atoms with van der Waals surface area (Å²) in [6.45, 7) is 5.17. The number of benzene rings is 1. The van der Waals surface area contributed by atoms with Crippen LogP contribution in [0.4, 0.5) is 9.18 Å². The van der Waals surface area contributed by atoms with E-state index >= 15 is 0 Å². The van der Waals surface area contributed by atoms with E-state index in [1.165, 1.54) is 18.2 Å². The first-order chi connectivity index (χ1) is 11.3. The van der Waals surface area contributed by atoms with Crippen molar-refractivity contribution >= 4 is 23.5 Å². The van der Waals surface area contributed by atoms with Crippen molar-refractivity contribution in [2.45, 2.75) is 13.0 Å². The van der Waals surface area contributed by atoms with Gasteiger partial charge in [0.2, 0.25) is 0 Å². The Bertz CT molecular complexity index is 735. The smallest absolute Gasteiger partial charge is 0.323 e. The zero-order chi connectivity index (χ0) is 17.9. The van der Waals surface area contributed by atoms with Crippen LogP contribution in [0.25, 0.3) is 0 Å². The molecular formula is C15H16ClFN4O3. The van der Waals surface area contributed by atoms with Gasteiger partial charge in [-0.3, -0.25) is 4.79 Å². The monoisotopic (exact) mass is 354 g/mol. The van der Waals surface area contributed by atoms with Gasteiger partial charge in [0, 0.05) is 11.1 Å². The van der Waals surface area contributed by atoms with E-state index in [4.69, 9.17) is 22.1 Å². The number of carbonyl (C=O) groups excluding carboxylic acids is 2. The molecule has 1 aliphatic heterocycles. The van der Waals surface area contributed by atoms with Gasteiger partial charge in [-0.25, -0.2) is 9.18 Å². The maximum atomic E-state index is 13.6. The zero-order valence-corrected chi connectivity index (χ0v) is 13.5. The molecule has 0 spiro atoms. The van der Waals surface area contributed by atoms with Crippen molar-refractivity contribution in [1.29, 1.82) is 0 Å². The van der Waals surface area contributed by atoms with Crippen LogP contribution in [0.2, 0.25) is 5.02 Å². The van der Waals surface area contributed by atoms with E-state index in [9.17, 15) is 14.0 Å². The first kappa shape index (κ1) is 17.6. The van der Waals surface area contributed by atoms with Crippen molar-refractivity contribution in [3.8, 4) is 5.75 Å². The lowest BCUT2D eigenvalue weighted by atomic mass is 10.2. The second kappa shape index (κ2) is 7.22. The number of nitrogens with two attached hydrogens (primary N) is 1. The van der Waals surface area contributed by atoms with E-state index in [0.717, 1.165) is 0 Å². The number of amides is 3. The molecule has 3 amide bonds. The summed E-state index contributed by atoms with van der Waals surface area (Å²) < 4.78 is 18.8. The lowest BCUT2D eigenvalue weighted by molar-refractivity contribution is -0.118. The van der Waals surface area contributed by atoms with Gasteiger partial charge in [0.05, 0.1) is 17.4 Å². The predicted octanol–water partition coefficient (Wildman–Crippen LogP) is 1.36. The van der Waals surface area contributed by atoms with E-state index in [-0.39, 0.29) is 29.4 Å². The molecule has 1 aromatic rings. The van der Waals surface area contributed by atoms with Gasteiger partial charge < -0.3 is 26.4 Å². The Balaban J connectivity index is 1.97. The molecule has 24 heavy (non-hydrogen) atoms. The summed E-state index contributed by atoms with van der Waals surface area (Å²) in [6.07, 6.45) is 0. The Labute approximate surface area is 142 Å². The van der Waals surface area contributed by atoms with Gasteiger partial charge in [-0.05, 0) is 19.1 Å². The van der Waals surface area contributed by atoms with Crippen LogP contribution in [0.1, 0.15) is 6.92 Å². The molecule has 0 bridgehead atoms. The van der Waals surface area contributed by atoms with Gasteiger partial charge in [0.25, 0.3) is 5.91 Å². The van der Waals surface area contributed by atoms with Crippen molar-refractivity contribution in [3.63, 3.8) is 0 Å². The third-order valence-electron chi connectivity index (χ3n) is 3.08. The molecule has 0 aliphatic carbocycles. The Morgan fingerprint density at radius 2 is 2.21 bits per heavy atom. The maximum Gasteiger partial charge on any atom is 0.323 e. The SMILES string of the molecule is C=C1NC(=O)NC(C(=O)N[C@H](C)COc2cc(Cl)ccc2F)=C1N. The first-order valence-electron chi connectivity index (χ1n) is 6.93. The van der Waals surface area contributed by atoms with Crippen molar-refractivity contribution in [2.75, 3.05) is 6.61 Å². The van der Waals surface area contributed by atoms with Crippen LogP contribution in [0.15, 0.2) is 41.9 Å². The average molecular weight is 355 g/mol. The summed E-state index contributed by atoms with van der Waals surface area (Å²) in [7, 11) is 0. The topological polar surface area (TPSA) is 105 Å². The van der Waals surface area contributed by atoms with E-state index < -0.39 is 23.8 Å². The third-order valence-corrected chi connectivity index (χ3v) is 3.32. The standard InChI is InChI=1S/C15H16ClFN4O3/c1-7(6-24-11-5-9(16)3-4-10(11)17)19-14(22)13-12(18)8(2)20-15(23)21-13/h3-5,7H,2,6,18H2,1H3,(H,19,22)(H2,20,21,23)/t7-/m1/s1. The lowest BCUT2D eigenvalue weighted by Crippen LogP contribution is -2.49. The van der Waals surface area contributed by atoms with Crippen LogP contribution >= 0.6 is 11.6 Å². The van der Waals surface area contributed by atoms with Crippen LogP contribution in [-0.4, -0.2) is 24.6 Å². The number of rotatable bonds is 5. The molecule has 128 valence electrons. The van der Waals surface area contributed by atoms with Crippen LogP contribution in [-0.2, 0) is 4.79 Å². The van der Waals surface area contributed by atoms with Crippen LogP contribution in [0.3, 0.4) is 0 Å². The molecule has 7 nitrogen and oxygen atoms in total. The minimum absolute atomic E-state index is 0.0106. The minimum atomic E-state index is -0.607. The molecule has 2 rings (SSSR count). The molecule has 5 N–H and O–H groups in total. The van der Waals surface area contributed by atoms with Crippen LogP contribution in [0, 0.1) is 5.82 Å². The molecule has 0 saturated carbocycles. The molecule has 1 aromatic carbocycles. The molecule has 1 heterocycles. The second-order valence-electron chi connectivity index (χ2n) is 5.11. The second-order valence-corrected chi connectivity index (χ2v) is 5.54. The highest BCUT2D eigenvalue weighted by molar-refractivity contribution is 6.30. The van der Waals surface area contributed by atoms with Gasteiger partial charge in [0.15, 0.2) is 11.6 Å². The largest absolute Gasteiger partial charge is 0.488 e. The highest BCUT2D eigenvalue weighted by Gasteiger charge is 2.24. The highest BCUT2D eigenvalue weighted by Crippen LogP contribution is 2.21. The van der Waals surface area contributed by atoms with E-state index in [1.54, 1.807) is 6.92 Å². The van der Waals surface area contributed by atoms with Gasteiger partial charge >= 0.3 is 6.03 Å². The number of nitrogens with one attached hydrogen (secondary N) is 3. The van der Waals surface area contributed by atoms with Crippen molar-refractivity contribution in [1.82, 2.24) is 16.0 Å². The Morgan fingerprint density at radius 1 is 1.50 bits per heavy atom. The number of hydrogen-bond acceptors (Lipinski definition) is 4. The van der Waals surface area contributed by atoms with Crippen LogP contribution in [0.5, 0.6) is 5.75 Å². The van der Waals surface area contributed by atoms with Crippen molar-refractivity contribution in [2.24, 2.45) is 5.73 Å². The molecule has 0 aromatic heterocycles. The van der Waals surface area contributed by atoms with E-state index in [1.807, 2.05) is 0 Å². The number of ether oxygens (including phenoxy) is 1. The first-order valence-corrected chi connectivity index (χ1v) is 7.31. The average Bonchev–Trinajstić information content (AvgIpc) is 2.51. The molecule has 0 unspecified atom stereocenters. The molecule has 0 saturated heterocycles. The molecule has 0 fully saturated rings. The van der Waals surface area contributed by atoms with Gasteiger partial charge in [-0.1, -0.05) is 18.2 Å². The zero-order valence-electron chi connectivity index (χ0n) is 12.8. The molecule has 9 heteroatoms.